The van der Waals surface area contributed by atoms with Gasteiger partial charge >= 0.3 is 5.97 Å². The fourth-order valence-corrected chi connectivity index (χ4v) is 2.08. The Bertz CT molecular complexity index is 639. The van der Waals surface area contributed by atoms with Crippen molar-refractivity contribution >= 4 is 27.6 Å². The van der Waals surface area contributed by atoms with E-state index in [9.17, 15) is 4.79 Å². The Morgan fingerprint density at radius 1 is 1.05 bits per heavy atom. The summed E-state index contributed by atoms with van der Waals surface area (Å²) in [7, 11) is 1.33. The van der Waals surface area contributed by atoms with Gasteiger partial charge in [0, 0.05) is 10.9 Å². The van der Waals surface area contributed by atoms with Crippen molar-refractivity contribution in [3.63, 3.8) is 0 Å². The van der Waals surface area contributed by atoms with Gasteiger partial charge in [0.25, 0.3) is 0 Å². The topological polar surface area (TPSA) is 47.9 Å². The zero-order valence-electron chi connectivity index (χ0n) is 12.2. The van der Waals surface area contributed by atoms with Crippen molar-refractivity contribution in [2.24, 2.45) is 5.16 Å². The van der Waals surface area contributed by atoms with Crippen LogP contribution in [-0.4, -0.2) is 18.8 Å². The fourth-order valence-electron chi connectivity index (χ4n) is 1.81. The first kappa shape index (κ1) is 16.2. The number of benzene rings is 2. The van der Waals surface area contributed by atoms with Crippen LogP contribution in [0.25, 0.3) is 0 Å². The third kappa shape index (κ3) is 5.00. The summed E-state index contributed by atoms with van der Waals surface area (Å²) >= 11 is 3.38. The highest BCUT2D eigenvalue weighted by Gasteiger charge is 2.13. The maximum Gasteiger partial charge on any atom is 0.356 e. The van der Waals surface area contributed by atoms with E-state index in [0.29, 0.717) is 13.0 Å². The summed E-state index contributed by atoms with van der Waals surface area (Å²) in [6.45, 7) is 0.307. The molecule has 0 aromatic heterocycles. The summed E-state index contributed by atoms with van der Waals surface area (Å²) in [4.78, 5) is 17.1. The predicted molar refractivity (Wildman–Crippen MR) is 88.5 cm³/mol. The number of hydrogen-bond donors (Lipinski definition) is 0. The lowest BCUT2D eigenvalue weighted by atomic mass is 10.1. The maximum absolute atomic E-state index is 11.8. The molecule has 0 atom stereocenters. The van der Waals surface area contributed by atoms with Gasteiger partial charge in [-0.2, -0.15) is 0 Å². The minimum atomic E-state index is -0.490. The van der Waals surface area contributed by atoms with Crippen molar-refractivity contribution < 1.29 is 14.4 Å². The first-order chi connectivity index (χ1) is 10.7. The summed E-state index contributed by atoms with van der Waals surface area (Å²) in [6.07, 6.45) is 0.356. The van der Waals surface area contributed by atoms with E-state index in [1.165, 1.54) is 7.11 Å². The first-order valence-electron chi connectivity index (χ1n) is 6.74. The van der Waals surface area contributed by atoms with Gasteiger partial charge in [-0.05, 0) is 23.3 Å². The number of halogens is 1. The van der Waals surface area contributed by atoms with Gasteiger partial charge in [-0.25, -0.2) is 4.79 Å². The second-order valence-corrected chi connectivity index (χ2v) is 5.51. The van der Waals surface area contributed by atoms with Gasteiger partial charge in [-0.3, -0.25) is 0 Å². The minimum Gasteiger partial charge on any atom is -0.464 e. The van der Waals surface area contributed by atoms with E-state index >= 15 is 0 Å². The molecule has 0 radical (unpaired) electrons. The molecular formula is C17H16BrNO3. The first-order valence-corrected chi connectivity index (χ1v) is 7.54. The van der Waals surface area contributed by atoms with Gasteiger partial charge in [-0.15, -0.1) is 0 Å². The van der Waals surface area contributed by atoms with Crippen LogP contribution < -0.4 is 0 Å². The molecule has 0 saturated heterocycles. The standard InChI is InChI=1S/C17H16BrNO3/c1-21-17(20)16(11-13-7-9-15(18)10-8-13)19-22-12-14-5-3-2-4-6-14/h2-10H,11-12H2,1H3/b19-16-. The Balaban J connectivity index is 2.03. The molecule has 2 aromatic carbocycles. The molecule has 0 saturated carbocycles. The number of hydrogen-bond acceptors (Lipinski definition) is 4. The van der Waals surface area contributed by atoms with Gasteiger partial charge in [0.05, 0.1) is 7.11 Å². The number of esters is 1. The Morgan fingerprint density at radius 3 is 2.36 bits per heavy atom. The normalized spacial score (nSPS) is 11.1. The molecule has 0 bridgehead atoms. The average molecular weight is 362 g/mol. The number of methoxy groups -OCH3 is 1. The molecule has 0 heterocycles. The summed E-state index contributed by atoms with van der Waals surface area (Å²) in [6, 6.07) is 17.3. The van der Waals surface area contributed by atoms with Crippen LogP contribution in [0.2, 0.25) is 0 Å². The quantitative estimate of drug-likeness (QED) is 0.447. The third-order valence-electron chi connectivity index (χ3n) is 2.95. The SMILES string of the molecule is COC(=O)/C(Cc1ccc(Br)cc1)=N\OCc1ccccc1. The molecule has 0 aliphatic rings. The van der Waals surface area contributed by atoms with Gasteiger partial charge < -0.3 is 9.57 Å². The van der Waals surface area contributed by atoms with Gasteiger partial charge in [-0.1, -0.05) is 63.6 Å². The molecule has 22 heavy (non-hydrogen) atoms. The molecule has 0 unspecified atom stereocenters. The summed E-state index contributed by atoms with van der Waals surface area (Å²) < 4.78 is 5.73. The molecule has 0 N–H and O–H groups in total. The number of ether oxygens (including phenoxy) is 1. The molecule has 114 valence electrons. The van der Waals surface area contributed by atoms with Crippen molar-refractivity contribution in [3.8, 4) is 0 Å². The molecule has 0 aliphatic heterocycles. The highest BCUT2D eigenvalue weighted by molar-refractivity contribution is 9.10. The molecule has 2 aromatic rings. The van der Waals surface area contributed by atoms with E-state index < -0.39 is 5.97 Å². The van der Waals surface area contributed by atoms with E-state index in [2.05, 4.69) is 21.1 Å². The van der Waals surface area contributed by atoms with Crippen molar-refractivity contribution in [2.75, 3.05) is 7.11 Å². The number of nitrogens with zero attached hydrogens (tertiary/aromatic N) is 1. The lowest BCUT2D eigenvalue weighted by Gasteiger charge is -2.06. The van der Waals surface area contributed by atoms with Crippen LogP contribution in [0.3, 0.4) is 0 Å². The second-order valence-electron chi connectivity index (χ2n) is 4.59. The lowest BCUT2D eigenvalue weighted by molar-refractivity contribution is -0.133. The highest BCUT2D eigenvalue weighted by atomic mass is 79.9. The van der Waals surface area contributed by atoms with Gasteiger partial charge in [0.15, 0.2) is 5.71 Å². The zero-order chi connectivity index (χ0) is 15.8. The van der Waals surface area contributed by atoms with Crippen molar-refractivity contribution in [2.45, 2.75) is 13.0 Å². The summed E-state index contributed by atoms with van der Waals surface area (Å²) in [5.41, 5.74) is 2.18. The van der Waals surface area contributed by atoms with Gasteiger partial charge in [0.2, 0.25) is 0 Å². The molecule has 0 fully saturated rings. The van der Waals surface area contributed by atoms with Crippen LogP contribution in [0.5, 0.6) is 0 Å². The molecule has 4 nitrogen and oxygen atoms in total. The van der Waals surface area contributed by atoms with E-state index in [4.69, 9.17) is 9.57 Å². The number of oxime groups is 1. The van der Waals surface area contributed by atoms with Crippen molar-refractivity contribution in [1.82, 2.24) is 0 Å². The third-order valence-corrected chi connectivity index (χ3v) is 3.48. The van der Waals surface area contributed by atoms with Gasteiger partial charge in [0.1, 0.15) is 6.61 Å². The second kappa shape index (κ2) is 8.34. The monoisotopic (exact) mass is 361 g/mol. The van der Waals surface area contributed by atoms with E-state index in [-0.39, 0.29) is 5.71 Å². The Hall–Kier alpha value is -2.14. The van der Waals surface area contributed by atoms with E-state index in [1.54, 1.807) is 0 Å². The van der Waals surface area contributed by atoms with Crippen LogP contribution in [-0.2, 0) is 27.4 Å². The Labute approximate surface area is 137 Å². The molecule has 5 heteroatoms. The van der Waals surface area contributed by atoms with Crippen molar-refractivity contribution in [3.05, 3.63) is 70.2 Å². The molecule has 0 aliphatic carbocycles. The summed E-state index contributed by atoms with van der Waals surface area (Å²) in [5.74, 6) is -0.490. The smallest absolute Gasteiger partial charge is 0.356 e. The van der Waals surface area contributed by atoms with E-state index in [1.807, 2.05) is 54.6 Å². The highest BCUT2D eigenvalue weighted by Crippen LogP contribution is 2.12. The van der Waals surface area contributed by atoms with Crippen LogP contribution in [0.1, 0.15) is 11.1 Å². The molecule has 0 spiro atoms. The van der Waals surface area contributed by atoms with Crippen LogP contribution in [0.15, 0.2) is 64.2 Å². The van der Waals surface area contributed by atoms with Crippen molar-refractivity contribution in [1.29, 1.82) is 0 Å². The molecular weight excluding hydrogens is 346 g/mol. The fraction of sp³-hybridized carbons (Fsp3) is 0.176. The largest absolute Gasteiger partial charge is 0.464 e. The molecule has 0 amide bonds. The van der Waals surface area contributed by atoms with Crippen LogP contribution in [0, 0.1) is 0 Å². The van der Waals surface area contributed by atoms with Crippen LogP contribution >= 0.6 is 15.9 Å². The number of carbonyl (C=O) groups excluding carboxylic acids is 1. The Morgan fingerprint density at radius 2 is 1.73 bits per heavy atom. The van der Waals surface area contributed by atoms with E-state index in [0.717, 1.165) is 15.6 Å². The molecule has 2 rings (SSSR count). The predicted octanol–water partition coefficient (Wildman–Crippen LogP) is 3.74. The lowest BCUT2D eigenvalue weighted by Crippen LogP contribution is -2.19. The summed E-state index contributed by atoms with van der Waals surface area (Å²) in [5, 5.41) is 3.94. The maximum atomic E-state index is 11.8. The zero-order valence-corrected chi connectivity index (χ0v) is 13.7. The van der Waals surface area contributed by atoms with Crippen LogP contribution in [0.4, 0.5) is 0 Å². The minimum absolute atomic E-state index is 0.237. The number of rotatable bonds is 6. The Kier molecular flexibility index (Phi) is 6.15. The number of carbonyl (C=O) groups is 1. The average Bonchev–Trinajstić information content (AvgIpc) is 2.56.